The van der Waals surface area contributed by atoms with Crippen molar-refractivity contribution in [3.8, 4) is 11.5 Å². The molecule has 4 heteroatoms. The second kappa shape index (κ2) is 9.29. The van der Waals surface area contributed by atoms with Gasteiger partial charge in [-0.2, -0.15) is 0 Å². The highest BCUT2D eigenvalue weighted by Gasteiger charge is 2.15. The summed E-state index contributed by atoms with van der Waals surface area (Å²) in [4.78, 5) is 2.48. The lowest BCUT2D eigenvalue weighted by Gasteiger charge is -2.19. The summed E-state index contributed by atoms with van der Waals surface area (Å²) >= 11 is 0. The molecule has 1 saturated heterocycles. The molecule has 2 aliphatic rings. The van der Waals surface area contributed by atoms with Gasteiger partial charge in [0.2, 0.25) is 0 Å². The Morgan fingerprint density at radius 2 is 1.70 bits per heavy atom. The van der Waals surface area contributed by atoms with Crippen LogP contribution in [0.3, 0.4) is 0 Å². The third-order valence-corrected chi connectivity index (χ3v) is 5.40. The predicted octanol–water partition coefficient (Wildman–Crippen LogP) is 4.97. The minimum atomic E-state index is 0. The van der Waals surface area contributed by atoms with E-state index < -0.39 is 0 Å². The van der Waals surface area contributed by atoms with Gasteiger partial charge in [-0.05, 0) is 85.3 Å². The topological polar surface area (TPSA) is 21.7 Å². The predicted molar refractivity (Wildman–Crippen MR) is 113 cm³/mol. The van der Waals surface area contributed by atoms with Gasteiger partial charge in [-0.1, -0.05) is 24.3 Å². The lowest BCUT2D eigenvalue weighted by Crippen LogP contribution is -2.25. The Hall–Kier alpha value is -1.97. The van der Waals surface area contributed by atoms with Crippen molar-refractivity contribution < 1.29 is 9.47 Å². The number of likely N-dealkylation sites (tertiary alicyclic amines) is 1. The molecule has 1 heterocycles. The molecule has 1 aliphatic heterocycles. The van der Waals surface area contributed by atoms with Crippen molar-refractivity contribution in [2.24, 2.45) is 0 Å². The monoisotopic (exact) mass is 385 g/mol. The molecule has 3 nitrogen and oxygen atoms in total. The molecule has 1 aliphatic carbocycles. The molecule has 1 fully saturated rings. The van der Waals surface area contributed by atoms with Crippen LogP contribution in [0.1, 0.15) is 36.0 Å². The number of allylic oxidation sites excluding steroid dienone is 1. The normalized spacial score (nSPS) is 16.3. The van der Waals surface area contributed by atoms with Crippen molar-refractivity contribution in [1.29, 1.82) is 0 Å². The molecule has 0 radical (unpaired) electrons. The summed E-state index contributed by atoms with van der Waals surface area (Å²) in [5, 5.41) is 0. The minimum Gasteiger partial charge on any atom is -0.497 e. The maximum absolute atomic E-state index is 5.93. The molecule has 27 heavy (non-hydrogen) atoms. The van der Waals surface area contributed by atoms with E-state index in [-0.39, 0.29) is 12.4 Å². The van der Waals surface area contributed by atoms with Crippen molar-refractivity contribution in [1.82, 2.24) is 4.90 Å². The van der Waals surface area contributed by atoms with E-state index in [1.165, 1.54) is 48.2 Å². The van der Waals surface area contributed by atoms with Gasteiger partial charge in [0, 0.05) is 6.54 Å². The van der Waals surface area contributed by atoms with E-state index in [2.05, 4.69) is 47.4 Å². The van der Waals surface area contributed by atoms with Crippen LogP contribution in [0.15, 0.2) is 48.5 Å². The molecule has 0 bridgehead atoms. The molecule has 0 N–H and O–H groups in total. The van der Waals surface area contributed by atoms with Crippen LogP contribution < -0.4 is 9.47 Å². The maximum atomic E-state index is 5.93. The number of ether oxygens (including phenoxy) is 2. The number of benzene rings is 2. The van der Waals surface area contributed by atoms with Gasteiger partial charge < -0.3 is 9.47 Å². The van der Waals surface area contributed by atoms with Crippen LogP contribution in [0.5, 0.6) is 11.5 Å². The first-order valence-electron chi connectivity index (χ1n) is 9.66. The van der Waals surface area contributed by atoms with Gasteiger partial charge >= 0.3 is 0 Å². The van der Waals surface area contributed by atoms with Gasteiger partial charge in [0.05, 0.1) is 7.11 Å². The highest BCUT2D eigenvalue weighted by atomic mass is 35.5. The van der Waals surface area contributed by atoms with Crippen molar-refractivity contribution in [2.75, 3.05) is 33.4 Å². The second-order valence-corrected chi connectivity index (χ2v) is 7.10. The fourth-order valence-electron chi connectivity index (χ4n) is 3.95. The molecular weight excluding hydrogens is 358 g/mol. The quantitative estimate of drug-likeness (QED) is 0.700. The summed E-state index contributed by atoms with van der Waals surface area (Å²) in [5.41, 5.74) is 5.26. The van der Waals surface area contributed by atoms with Gasteiger partial charge in [0.1, 0.15) is 18.1 Å². The van der Waals surface area contributed by atoms with Gasteiger partial charge in [0.15, 0.2) is 0 Å². The van der Waals surface area contributed by atoms with Crippen LogP contribution in [0.4, 0.5) is 0 Å². The summed E-state index contributed by atoms with van der Waals surface area (Å²) in [6, 6.07) is 14.9. The van der Waals surface area contributed by atoms with Crippen LogP contribution >= 0.6 is 12.4 Å². The molecular formula is C23H28ClNO2. The molecule has 0 amide bonds. The Labute approximate surface area is 168 Å². The van der Waals surface area contributed by atoms with Crippen LogP contribution in [0.2, 0.25) is 0 Å². The molecule has 2 aromatic carbocycles. The largest absolute Gasteiger partial charge is 0.497 e. The van der Waals surface area contributed by atoms with Crippen molar-refractivity contribution >= 4 is 18.0 Å². The SMILES string of the molecule is COc1ccc2c(c1)CCC=C2c1ccc(OCCN2CCCC2)cc1.Cl. The second-order valence-electron chi connectivity index (χ2n) is 7.10. The zero-order valence-corrected chi connectivity index (χ0v) is 16.8. The highest BCUT2D eigenvalue weighted by Crippen LogP contribution is 2.34. The van der Waals surface area contributed by atoms with Crippen molar-refractivity contribution in [3.63, 3.8) is 0 Å². The van der Waals surface area contributed by atoms with E-state index in [9.17, 15) is 0 Å². The summed E-state index contributed by atoms with van der Waals surface area (Å²) in [5.74, 6) is 1.89. The highest BCUT2D eigenvalue weighted by molar-refractivity contribution is 5.85. The molecule has 0 saturated carbocycles. The summed E-state index contributed by atoms with van der Waals surface area (Å²) in [6.45, 7) is 4.24. The van der Waals surface area contributed by atoms with Gasteiger partial charge in [-0.15, -0.1) is 12.4 Å². The first-order chi connectivity index (χ1) is 12.8. The van der Waals surface area contributed by atoms with Crippen LogP contribution in [-0.2, 0) is 6.42 Å². The molecule has 0 spiro atoms. The number of hydrogen-bond donors (Lipinski definition) is 0. The number of methoxy groups -OCH3 is 1. The van der Waals surface area contributed by atoms with Gasteiger partial charge in [-0.25, -0.2) is 0 Å². The Bertz CT molecular complexity index is 779. The molecule has 4 rings (SSSR count). The lowest BCUT2D eigenvalue weighted by atomic mass is 9.87. The third kappa shape index (κ3) is 4.66. The number of hydrogen-bond acceptors (Lipinski definition) is 3. The molecule has 0 atom stereocenters. The molecule has 0 aromatic heterocycles. The first-order valence-corrected chi connectivity index (χ1v) is 9.66. The van der Waals surface area contributed by atoms with E-state index in [4.69, 9.17) is 9.47 Å². The first kappa shape index (κ1) is 19.8. The Morgan fingerprint density at radius 1 is 0.963 bits per heavy atom. The smallest absolute Gasteiger partial charge is 0.119 e. The minimum absolute atomic E-state index is 0. The van der Waals surface area contributed by atoms with Crippen molar-refractivity contribution in [2.45, 2.75) is 25.7 Å². The zero-order chi connectivity index (χ0) is 17.8. The van der Waals surface area contributed by atoms with Gasteiger partial charge in [0.25, 0.3) is 0 Å². The zero-order valence-electron chi connectivity index (χ0n) is 15.9. The molecule has 0 unspecified atom stereocenters. The Balaban J connectivity index is 0.00000210. The Morgan fingerprint density at radius 3 is 2.44 bits per heavy atom. The number of halogens is 1. The third-order valence-electron chi connectivity index (χ3n) is 5.40. The fraction of sp³-hybridized carbons (Fsp3) is 0.391. The average molecular weight is 386 g/mol. The number of rotatable bonds is 6. The van der Waals surface area contributed by atoms with Crippen LogP contribution in [0, 0.1) is 0 Å². The number of aryl methyl sites for hydroxylation is 1. The van der Waals surface area contributed by atoms with E-state index >= 15 is 0 Å². The number of nitrogens with zero attached hydrogens (tertiary/aromatic N) is 1. The van der Waals surface area contributed by atoms with E-state index in [1.807, 2.05) is 6.07 Å². The lowest BCUT2D eigenvalue weighted by molar-refractivity contribution is 0.238. The summed E-state index contributed by atoms with van der Waals surface area (Å²) < 4.78 is 11.3. The summed E-state index contributed by atoms with van der Waals surface area (Å²) in [7, 11) is 1.73. The fourth-order valence-corrected chi connectivity index (χ4v) is 3.95. The maximum Gasteiger partial charge on any atom is 0.119 e. The van der Waals surface area contributed by atoms with Gasteiger partial charge in [-0.3, -0.25) is 4.90 Å². The molecule has 144 valence electrons. The van der Waals surface area contributed by atoms with Crippen LogP contribution in [-0.4, -0.2) is 38.3 Å². The van der Waals surface area contributed by atoms with Crippen LogP contribution in [0.25, 0.3) is 5.57 Å². The standard InChI is InChI=1S/C23H27NO2.ClH/c1-25-21-11-12-23-19(17-21)5-4-6-22(23)18-7-9-20(10-8-18)26-16-15-24-13-2-3-14-24;/h6-12,17H,2-5,13-16H2,1H3;1H. The van der Waals surface area contributed by atoms with E-state index in [1.54, 1.807) is 7.11 Å². The van der Waals surface area contributed by atoms with Crippen molar-refractivity contribution in [3.05, 3.63) is 65.2 Å². The Kier molecular flexibility index (Phi) is 6.81. The molecule has 2 aromatic rings. The summed E-state index contributed by atoms with van der Waals surface area (Å²) in [6.07, 6.45) is 7.16. The average Bonchev–Trinajstić information content (AvgIpc) is 3.21. The van der Waals surface area contributed by atoms with E-state index in [0.717, 1.165) is 37.5 Å². The number of fused-ring (bicyclic) bond motifs is 1. The van der Waals surface area contributed by atoms with E-state index in [0.29, 0.717) is 0 Å².